The van der Waals surface area contributed by atoms with Crippen molar-refractivity contribution in [2.75, 3.05) is 0 Å². The third kappa shape index (κ3) is 5.42. The third-order valence-electron chi connectivity index (χ3n) is 10.9. The Balaban J connectivity index is 1.04. The van der Waals surface area contributed by atoms with Crippen LogP contribution in [0.3, 0.4) is 0 Å². The van der Waals surface area contributed by atoms with Gasteiger partial charge in [-0.3, -0.25) is 0 Å². The summed E-state index contributed by atoms with van der Waals surface area (Å²) in [5.74, 6) is 0.705. The van der Waals surface area contributed by atoms with Crippen molar-refractivity contribution >= 4 is 53.3 Å². The van der Waals surface area contributed by atoms with Crippen LogP contribution in [0.5, 0.6) is 0 Å². The summed E-state index contributed by atoms with van der Waals surface area (Å²) in [7, 11) is 0. The first-order valence-electron chi connectivity index (χ1n) is 18.9. The molecule has 0 bridgehead atoms. The molecule has 0 unspecified atom stereocenters. The fourth-order valence-electron chi connectivity index (χ4n) is 8.24. The first-order chi connectivity index (χ1) is 27.8. The summed E-state index contributed by atoms with van der Waals surface area (Å²) in [5.41, 5.74) is 13.1. The van der Waals surface area contributed by atoms with E-state index in [1.165, 1.54) is 53.2 Å². The molecule has 0 fully saturated rings. The van der Waals surface area contributed by atoms with Crippen molar-refractivity contribution in [3.63, 3.8) is 0 Å². The normalized spacial score (nSPS) is 11.6. The molecule has 11 rings (SSSR count). The summed E-state index contributed by atoms with van der Waals surface area (Å²) in [6.45, 7) is 0. The molecule has 0 spiro atoms. The van der Waals surface area contributed by atoms with Gasteiger partial charge in [0.15, 0.2) is 5.82 Å². The van der Waals surface area contributed by atoms with E-state index in [1.54, 1.807) is 0 Å². The Labute approximate surface area is 328 Å². The Kier molecular flexibility index (Phi) is 7.68. The lowest BCUT2D eigenvalue weighted by molar-refractivity contribution is 1.18. The third-order valence-corrected chi connectivity index (χ3v) is 12.0. The van der Waals surface area contributed by atoms with Crippen molar-refractivity contribution in [1.82, 2.24) is 14.5 Å². The van der Waals surface area contributed by atoms with E-state index < -0.39 is 0 Å². The predicted molar refractivity (Wildman–Crippen MR) is 236 cm³/mol. The Morgan fingerprint density at radius 2 is 0.946 bits per heavy atom. The molecule has 0 N–H and O–H groups in total. The Morgan fingerprint density at radius 3 is 1.77 bits per heavy atom. The second kappa shape index (κ2) is 13.3. The van der Waals surface area contributed by atoms with E-state index in [9.17, 15) is 0 Å². The summed E-state index contributed by atoms with van der Waals surface area (Å²) in [6.07, 6.45) is 0. The minimum Gasteiger partial charge on any atom is -0.309 e. The fourth-order valence-corrected chi connectivity index (χ4v) is 9.32. The first-order valence-corrected chi connectivity index (χ1v) is 19.7. The number of hydrogen-bond acceptors (Lipinski definition) is 3. The van der Waals surface area contributed by atoms with Gasteiger partial charge in [-0.05, 0) is 64.7 Å². The van der Waals surface area contributed by atoms with Crippen LogP contribution in [-0.2, 0) is 0 Å². The predicted octanol–water partition coefficient (Wildman–Crippen LogP) is 14.3. The van der Waals surface area contributed by atoms with Gasteiger partial charge in [0, 0.05) is 53.3 Å². The average Bonchev–Trinajstić information content (AvgIpc) is 3.82. The molecule has 3 aromatic heterocycles. The van der Waals surface area contributed by atoms with Gasteiger partial charge in [0.05, 0.1) is 22.4 Å². The van der Waals surface area contributed by atoms with Gasteiger partial charge >= 0.3 is 0 Å². The molecular weight excluding hydrogens is 699 g/mol. The van der Waals surface area contributed by atoms with Crippen LogP contribution in [0.15, 0.2) is 200 Å². The Morgan fingerprint density at radius 1 is 0.357 bits per heavy atom. The van der Waals surface area contributed by atoms with Gasteiger partial charge < -0.3 is 4.57 Å². The zero-order valence-corrected chi connectivity index (χ0v) is 31.1. The van der Waals surface area contributed by atoms with Gasteiger partial charge in [0.2, 0.25) is 0 Å². The lowest BCUT2D eigenvalue weighted by Crippen LogP contribution is -1.97. The largest absolute Gasteiger partial charge is 0.309 e. The molecule has 8 aromatic carbocycles. The number of fused-ring (bicyclic) bond motifs is 6. The van der Waals surface area contributed by atoms with Crippen LogP contribution in [0.1, 0.15) is 0 Å². The van der Waals surface area contributed by atoms with Gasteiger partial charge in [-0.25, -0.2) is 9.97 Å². The molecule has 262 valence electrons. The molecule has 11 aromatic rings. The number of hydrogen-bond donors (Lipinski definition) is 0. The summed E-state index contributed by atoms with van der Waals surface area (Å²) < 4.78 is 5.05. The van der Waals surface area contributed by atoms with Crippen LogP contribution in [-0.4, -0.2) is 14.5 Å². The highest BCUT2D eigenvalue weighted by molar-refractivity contribution is 7.25. The topological polar surface area (TPSA) is 30.7 Å². The zero-order valence-electron chi connectivity index (χ0n) is 30.3. The number of para-hydroxylation sites is 1. The molecule has 0 amide bonds. The molecule has 0 radical (unpaired) electrons. The van der Waals surface area contributed by atoms with E-state index in [4.69, 9.17) is 9.97 Å². The molecule has 3 nitrogen and oxygen atoms in total. The standard InChI is InChI=1S/C52H33N3S/c1-3-14-34(15-4-1)39-18-7-8-19-41(39)46-33-45(53-52(54-46)37-16-5-2-6-17-37)36-28-26-35(27-29-36)40-22-13-24-48-51(40)43-21-9-11-23-47(43)55(48)38-30-31-50-44(32-38)42-20-10-12-25-49(42)56-50/h1-33H. The minimum absolute atomic E-state index is 0.705. The second-order valence-corrected chi connectivity index (χ2v) is 15.2. The number of benzene rings is 8. The van der Waals surface area contributed by atoms with Crippen molar-refractivity contribution in [1.29, 1.82) is 0 Å². The molecule has 0 aliphatic carbocycles. The maximum atomic E-state index is 5.16. The summed E-state index contributed by atoms with van der Waals surface area (Å²) in [6, 6.07) is 71.4. The summed E-state index contributed by atoms with van der Waals surface area (Å²) in [4.78, 5) is 10.3. The molecule has 0 atom stereocenters. The molecule has 0 aliphatic heterocycles. The highest BCUT2D eigenvalue weighted by Gasteiger charge is 2.18. The van der Waals surface area contributed by atoms with Gasteiger partial charge in [-0.15, -0.1) is 11.3 Å². The van der Waals surface area contributed by atoms with E-state index in [0.29, 0.717) is 5.82 Å². The Bertz CT molecular complexity index is 3230. The van der Waals surface area contributed by atoms with E-state index in [0.717, 1.165) is 44.8 Å². The molecule has 0 saturated carbocycles. The van der Waals surface area contributed by atoms with Crippen molar-refractivity contribution in [2.24, 2.45) is 0 Å². The van der Waals surface area contributed by atoms with Gasteiger partial charge in [0.1, 0.15) is 0 Å². The number of rotatable bonds is 6. The molecule has 3 heterocycles. The molecular formula is C52H33N3S. The van der Waals surface area contributed by atoms with E-state index in [2.05, 4.69) is 187 Å². The van der Waals surface area contributed by atoms with Crippen LogP contribution in [0.4, 0.5) is 0 Å². The van der Waals surface area contributed by atoms with Crippen molar-refractivity contribution in [2.45, 2.75) is 0 Å². The minimum atomic E-state index is 0.705. The van der Waals surface area contributed by atoms with Gasteiger partial charge in [-0.1, -0.05) is 158 Å². The van der Waals surface area contributed by atoms with Gasteiger partial charge in [0.25, 0.3) is 0 Å². The molecule has 4 heteroatoms. The second-order valence-electron chi connectivity index (χ2n) is 14.1. The molecule has 56 heavy (non-hydrogen) atoms. The van der Waals surface area contributed by atoms with Crippen LogP contribution in [0.25, 0.3) is 104 Å². The maximum absolute atomic E-state index is 5.16. The Hall–Kier alpha value is -7.14. The van der Waals surface area contributed by atoms with Crippen LogP contribution in [0.2, 0.25) is 0 Å². The lowest BCUT2D eigenvalue weighted by Gasteiger charge is -2.13. The van der Waals surface area contributed by atoms with E-state index in [1.807, 2.05) is 29.5 Å². The van der Waals surface area contributed by atoms with E-state index in [-0.39, 0.29) is 0 Å². The maximum Gasteiger partial charge on any atom is 0.160 e. The lowest BCUT2D eigenvalue weighted by atomic mass is 9.96. The molecule has 0 aliphatic rings. The number of thiophene rings is 1. The zero-order chi connectivity index (χ0) is 37.0. The van der Waals surface area contributed by atoms with Crippen LogP contribution < -0.4 is 0 Å². The SMILES string of the molecule is c1ccc(-c2nc(-c3ccc(-c4cccc5c4c4ccccc4n5-c4ccc5sc6ccccc6c5c4)cc3)cc(-c3ccccc3-c3ccccc3)n2)cc1. The summed E-state index contributed by atoms with van der Waals surface area (Å²) in [5, 5.41) is 5.09. The van der Waals surface area contributed by atoms with Crippen molar-refractivity contribution in [3.8, 4) is 61.8 Å². The highest BCUT2D eigenvalue weighted by Crippen LogP contribution is 2.41. The highest BCUT2D eigenvalue weighted by atomic mass is 32.1. The van der Waals surface area contributed by atoms with Gasteiger partial charge in [-0.2, -0.15) is 0 Å². The molecule has 0 saturated heterocycles. The van der Waals surface area contributed by atoms with Crippen molar-refractivity contribution < 1.29 is 0 Å². The average molecular weight is 732 g/mol. The smallest absolute Gasteiger partial charge is 0.160 e. The monoisotopic (exact) mass is 731 g/mol. The summed E-state index contributed by atoms with van der Waals surface area (Å²) >= 11 is 1.86. The first kappa shape index (κ1) is 32.3. The number of nitrogens with zero attached hydrogens (tertiary/aromatic N) is 3. The fraction of sp³-hybridized carbons (Fsp3) is 0. The van der Waals surface area contributed by atoms with Crippen LogP contribution in [0, 0.1) is 0 Å². The van der Waals surface area contributed by atoms with Crippen LogP contribution >= 0.6 is 11.3 Å². The van der Waals surface area contributed by atoms with E-state index >= 15 is 0 Å². The van der Waals surface area contributed by atoms with Crippen molar-refractivity contribution in [3.05, 3.63) is 200 Å². The number of aromatic nitrogens is 3. The quantitative estimate of drug-likeness (QED) is 0.170.